The third-order valence-corrected chi connectivity index (χ3v) is 3.94. The molecule has 1 amide bonds. The number of benzene rings is 2. The fraction of sp³-hybridized carbons (Fsp3) is 0.238. The van der Waals surface area contributed by atoms with Gasteiger partial charge in [-0.25, -0.2) is 9.18 Å². The van der Waals surface area contributed by atoms with Crippen LogP contribution in [-0.4, -0.2) is 44.5 Å². The minimum absolute atomic E-state index is 0.277. The van der Waals surface area contributed by atoms with E-state index in [0.717, 1.165) is 17.3 Å². The van der Waals surface area contributed by atoms with Gasteiger partial charge >= 0.3 is 5.97 Å². The molecule has 2 aromatic carbocycles. The van der Waals surface area contributed by atoms with Gasteiger partial charge in [-0.05, 0) is 29.8 Å². The molecule has 27 heavy (non-hydrogen) atoms. The molecule has 0 N–H and O–H groups in total. The van der Waals surface area contributed by atoms with Crippen LogP contribution in [0.5, 0.6) is 0 Å². The highest BCUT2D eigenvalue weighted by molar-refractivity contribution is 5.89. The number of amides is 1. The summed E-state index contributed by atoms with van der Waals surface area (Å²) in [5.74, 6) is -1.45. The highest BCUT2D eigenvalue weighted by Gasteiger charge is 2.11. The van der Waals surface area contributed by atoms with E-state index < -0.39 is 11.8 Å². The number of ether oxygens (including phenoxy) is 1. The highest BCUT2D eigenvalue weighted by Crippen LogP contribution is 2.13. The molecule has 0 fully saturated rings. The molecule has 0 heterocycles. The van der Waals surface area contributed by atoms with Crippen molar-refractivity contribution in [1.29, 1.82) is 0 Å². The molecular weight excluding hydrogens is 347 g/mol. The minimum Gasteiger partial charge on any atom is -0.452 e. The molecule has 0 unspecified atom stereocenters. The van der Waals surface area contributed by atoms with E-state index in [0.29, 0.717) is 6.54 Å². The first-order chi connectivity index (χ1) is 12.9. The summed E-state index contributed by atoms with van der Waals surface area (Å²) in [6, 6.07) is 13.9. The maximum Gasteiger partial charge on any atom is 0.331 e. The zero-order valence-corrected chi connectivity index (χ0v) is 15.7. The van der Waals surface area contributed by atoms with Gasteiger partial charge in [0.15, 0.2) is 6.61 Å². The fourth-order valence-electron chi connectivity index (χ4n) is 2.32. The van der Waals surface area contributed by atoms with Gasteiger partial charge in [0.25, 0.3) is 5.91 Å². The second-order valence-corrected chi connectivity index (χ2v) is 6.27. The van der Waals surface area contributed by atoms with E-state index in [-0.39, 0.29) is 18.1 Å². The van der Waals surface area contributed by atoms with E-state index in [9.17, 15) is 14.0 Å². The monoisotopic (exact) mass is 370 g/mol. The van der Waals surface area contributed by atoms with E-state index >= 15 is 0 Å². The number of anilines is 1. The number of hydrogen-bond donors (Lipinski definition) is 0. The van der Waals surface area contributed by atoms with Crippen molar-refractivity contribution in [2.45, 2.75) is 6.54 Å². The number of rotatable bonds is 7. The number of likely N-dealkylation sites (N-methyl/N-ethyl adjacent to an activating group) is 1. The lowest BCUT2D eigenvalue weighted by molar-refractivity contribution is -0.147. The van der Waals surface area contributed by atoms with E-state index in [2.05, 4.69) is 0 Å². The van der Waals surface area contributed by atoms with Crippen LogP contribution in [-0.2, 0) is 20.9 Å². The lowest BCUT2D eigenvalue weighted by atomic mass is 10.2. The molecule has 0 aromatic heterocycles. The van der Waals surface area contributed by atoms with Crippen molar-refractivity contribution >= 4 is 23.6 Å². The van der Waals surface area contributed by atoms with Gasteiger partial charge in [-0.3, -0.25) is 4.79 Å². The molecule has 0 saturated carbocycles. The third-order valence-electron chi connectivity index (χ3n) is 3.94. The van der Waals surface area contributed by atoms with Gasteiger partial charge in [0.05, 0.1) is 0 Å². The first-order valence-corrected chi connectivity index (χ1v) is 8.46. The van der Waals surface area contributed by atoms with Crippen LogP contribution < -0.4 is 4.90 Å². The van der Waals surface area contributed by atoms with Crippen molar-refractivity contribution in [2.75, 3.05) is 32.6 Å². The summed E-state index contributed by atoms with van der Waals surface area (Å²) in [6.07, 6.45) is 2.42. The molecule has 0 aliphatic heterocycles. The molecule has 142 valence electrons. The zero-order chi connectivity index (χ0) is 19.8. The lowest BCUT2D eigenvalue weighted by Gasteiger charge is -2.18. The zero-order valence-electron chi connectivity index (χ0n) is 15.7. The Labute approximate surface area is 158 Å². The summed E-state index contributed by atoms with van der Waals surface area (Å²) in [7, 11) is 5.56. The predicted molar refractivity (Wildman–Crippen MR) is 104 cm³/mol. The highest BCUT2D eigenvalue weighted by atomic mass is 19.1. The van der Waals surface area contributed by atoms with Crippen LogP contribution in [0.4, 0.5) is 10.1 Å². The topological polar surface area (TPSA) is 49.9 Å². The lowest BCUT2D eigenvalue weighted by Crippen LogP contribution is -2.30. The van der Waals surface area contributed by atoms with Crippen molar-refractivity contribution in [3.63, 3.8) is 0 Å². The van der Waals surface area contributed by atoms with Crippen LogP contribution >= 0.6 is 0 Å². The first kappa shape index (κ1) is 20.2. The van der Waals surface area contributed by atoms with Gasteiger partial charge < -0.3 is 14.5 Å². The third kappa shape index (κ3) is 6.26. The summed E-state index contributed by atoms with van der Waals surface area (Å²) in [4.78, 5) is 27.3. The Morgan fingerprint density at radius 3 is 2.33 bits per heavy atom. The quantitative estimate of drug-likeness (QED) is 0.555. The van der Waals surface area contributed by atoms with Gasteiger partial charge in [0.2, 0.25) is 0 Å². The minimum atomic E-state index is -0.699. The Hall–Kier alpha value is -3.15. The van der Waals surface area contributed by atoms with Crippen LogP contribution in [0.25, 0.3) is 6.08 Å². The van der Waals surface area contributed by atoms with E-state index in [1.807, 2.05) is 43.3 Å². The van der Waals surface area contributed by atoms with Crippen LogP contribution in [0, 0.1) is 5.82 Å². The molecule has 0 atom stereocenters. The maximum atomic E-state index is 13.5. The summed E-state index contributed by atoms with van der Waals surface area (Å²) in [5.41, 5.74) is 2.32. The van der Waals surface area contributed by atoms with Crippen LogP contribution in [0.1, 0.15) is 11.1 Å². The van der Waals surface area contributed by atoms with Gasteiger partial charge in [0, 0.05) is 45.0 Å². The summed E-state index contributed by atoms with van der Waals surface area (Å²) < 4.78 is 18.4. The number of halogens is 1. The standard InChI is InChI=1S/C21H23FN2O3/c1-23(2)18-11-8-16(9-12-18)14-24(3)20(25)15-27-21(26)13-10-17-6-4-5-7-19(17)22/h4-13H,14-15H2,1-3H3/b13-10+. The molecule has 0 aliphatic carbocycles. The number of nitrogens with zero attached hydrogens (tertiary/aromatic N) is 2. The Morgan fingerprint density at radius 1 is 1.04 bits per heavy atom. The molecule has 0 saturated heterocycles. The summed E-state index contributed by atoms with van der Waals surface area (Å²) in [6.45, 7) is 0.0435. The smallest absolute Gasteiger partial charge is 0.331 e. The van der Waals surface area contributed by atoms with Gasteiger partial charge in [0.1, 0.15) is 5.82 Å². The van der Waals surface area contributed by atoms with Crippen LogP contribution in [0.3, 0.4) is 0 Å². The van der Waals surface area contributed by atoms with E-state index in [1.165, 1.54) is 17.0 Å². The number of carbonyl (C=O) groups excluding carboxylic acids is 2. The Morgan fingerprint density at radius 2 is 1.70 bits per heavy atom. The molecule has 6 heteroatoms. The Balaban J connectivity index is 1.82. The maximum absolute atomic E-state index is 13.5. The van der Waals surface area contributed by atoms with E-state index in [1.54, 1.807) is 25.2 Å². The van der Waals surface area contributed by atoms with Crippen LogP contribution in [0.15, 0.2) is 54.6 Å². The number of carbonyl (C=O) groups is 2. The van der Waals surface area contributed by atoms with Crippen molar-refractivity contribution in [3.05, 3.63) is 71.6 Å². The summed E-state index contributed by atoms with van der Waals surface area (Å²) in [5, 5.41) is 0. The SMILES string of the molecule is CN(Cc1ccc(N(C)C)cc1)C(=O)COC(=O)/C=C/c1ccccc1F. The first-order valence-electron chi connectivity index (χ1n) is 8.46. The molecule has 0 aliphatic rings. The molecule has 0 bridgehead atoms. The largest absolute Gasteiger partial charge is 0.452 e. The molecule has 5 nitrogen and oxygen atoms in total. The van der Waals surface area contributed by atoms with E-state index in [4.69, 9.17) is 4.74 Å². The van der Waals surface area contributed by atoms with Gasteiger partial charge in [-0.1, -0.05) is 30.3 Å². The number of hydrogen-bond acceptors (Lipinski definition) is 4. The van der Waals surface area contributed by atoms with Crippen molar-refractivity contribution in [2.24, 2.45) is 0 Å². The van der Waals surface area contributed by atoms with Crippen molar-refractivity contribution in [1.82, 2.24) is 4.90 Å². The molecular formula is C21H23FN2O3. The molecule has 2 aromatic rings. The summed E-state index contributed by atoms with van der Waals surface area (Å²) >= 11 is 0. The number of esters is 1. The average Bonchev–Trinajstić information content (AvgIpc) is 2.65. The Bertz CT molecular complexity index is 816. The predicted octanol–water partition coefficient (Wildman–Crippen LogP) is 3.11. The fourth-order valence-corrected chi connectivity index (χ4v) is 2.32. The molecule has 2 rings (SSSR count). The Kier molecular flexibility index (Phi) is 7.11. The molecule has 0 spiro atoms. The average molecular weight is 370 g/mol. The molecule has 0 radical (unpaired) electrons. The van der Waals surface area contributed by atoms with Gasteiger partial charge in [-0.2, -0.15) is 0 Å². The van der Waals surface area contributed by atoms with Gasteiger partial charge in [-0.15, -0.1) is 0 Å². The normalized spacial score (nSPS) is 10.7. The second-order valence-electron chi connectivity index (χ2n) is 6.27. The second kappa shape index (κ2) is 9.52. The van der Waals surface area contributed by atoms with Crippen LogP contribution in [0.2, 0.25) is 0 Å². The van der Waals surface area contributed by atoms with Crippen molar-refractivity contribution in [3.8, 4) is 0 Å². The van der Waals surface area contributed by atoms with Crippen molar-refractivity contribution < 1.29 is 18.7 Å².